The van der Waals surface area contributed by atoms with E-state index in [0.29, 0.717) is 23.4 Å². The van der Waals surface area contributed by atoms with Gasteiger partial charge in [0.05, 0.1) is 22.1 Å². The van der Waals surface area contributed by atoms with E-state index in [1.165, 1.54) is 31.2 Å². The molecule has 0 saturated heterocycles. The lowest BCUT2D eigenvalue weighted by molar-refractivity contribution is -0.384. The molecule has 0 heterocycles. The highest BCUT2D eigenvalue weighted by Crippen LogP contribution is 2.34. The topological polar surface area (TPSA) is 117 Å². The number of nitrogens with zero attached hydrogens (tertiary/aromatic N) is 2. The summed E-state index contributed by atoms with van der Waals surface area (Å²) in [7, 11) is 0. The van der Waals surface area contributed by atoms with Gasteiger partial charge in [0.1, 0.15) is 11.4 Å². The van der Waals surface area contributed by atoms with Crippen molar-refractivity contribution in [3.63, 3.8) is 0 Å². The second kappa shape index (κ2) is 8.26. The second-order valence-corrected chi connectivity index (χ2v) is 5.50. The number of benzene rings is 2. The van der Waals surface area contributed by atoms with E-state index < -0.39 is 34.4 Å². The molecule has 1 amide bonds. The molecule has 2 aromatic carbocycles. The Labute approximate surface area is 156 Å². The summed E-state index contributed by atoms with van der Waals surface area (Å²) < 4.78 is 43.4. The molecule has 0 aliphatic carbocycles. The van der Waals surface area contributed by atoms with Crippen LogP contribution in [-0.2, 0) is 11.0 Å². The summed E-state index contributed by atoms with van der Waals surface area (Å²) in [6.45, 7) is 1.40. The van der Waals surface area contributed by atoms with E-state index >= 15 is 0 Å². The molecule has 0 aliphatic heterocycles. The number of halogens is 3. The van der Waals surface area contributed by atoms with Gasteiger partial charge in [-0.1, -0.05) is 0 Å². The van der Waals surface area contributed by atoms with Gasteiger partial charge in [-0.25, -0.2) is 0 Å². The quantitative estimate of drug-likeness (QED) is 0.573. The summed E-state index contributed by atoms with van der Waals surface area (Å²) in [5.74, 6) is -0.416. The zero-order valence-electron chi connectivity index (χ0n) is 14.3. The number of hydrogen-bond acceptors (Lipinski definition) is 6. The van der Waals surface area contributed by atoms with Crippen molar-refractivity contribution in [2.75, 3.05) is 5.43 Å². The Balaban J connectivity index is 2.04. The molecular formula is C17H13F3N4O4. The Bertz CT molecular complexity index is 923. The summed E-state index contributed by atoms with van der Waals surface area (Å²) in [6, 6.07) is 9.73. The predicted molar refractivity (Wildman–Crippen MR) is 91.1 cm³/mol. The van der Waals surface area contributed by atoms with E-state index in [-0.39, 0.29) is 5.69 Å². The normalized spacial score (nSPS) is 11.8. The molecule has 0 saturated carbocycles. The Morgan fingerprint density at radius 1 is 1.25 bits per heavy atom. The summed E-state index contributed by atoms with van der Waals surface area (Å²) in [4.78, 5) is 22.1. The number of nitro benzene ring substituents is 1. The Morgan fingerprint density at radius 2 is 1.89 bits per heavy atom. The van der Waals surface area contributed by atoms with E-state index in [4.69, 9.17) is 10.00 Å². The maximum absolute atomic E-state index is 12.7. The van der Waals surface area contributed by atoms with Crippen LogP contribution in [0.3, 0.4) is 0 Å². The Kier molecular flexibility index (Phi) is 6.04. The average Bonchev–Trinajstić information content (AvgIpc) is 2.65. The third-order valence-corrected chi connectivity index (χ3v) is 3.51. The molecule has 28 heavy (non-hydrogen) atoms. The molecule has 1 unspecified atom stereocenters. The second-order valence-electron chi connectivity index (χ2n) is 5.50. The van der Waals surface area contributed by atoms with Gasteiger partial charge in [0.2, 0.25) is 0 Å². The molecular weight excluding hydrogens is 381 g/mol. The summed E-state index contributed by atoms with van der Waals surface area (Å²) in [5.41, 5.74) is 2.41. The molecule has 0 fully saturated rings. The molecule has 0 radical (unpaired) electrons. The maximum Gasteiger partial charge on any atom is 0.416 e. The Hall–Kier alpha value is -3.81. The van der Waals surface area contributed by atoms with Crippen molar-refractivity contribution in [3.05, 3.63) is 63.7 Å². The van der Waals surface area contributed by atoms with Gasteiger partial charge in [0.15, 0.2) is 6.10 Å². The zero-order valence-corrected chi connectivity index (χ0v) is 14.3. The number of nitriles is 1. The predicted octanol–water partition coefficient (Wildman–Crippen LogP) is 3.40. The lowest BCUT2D eigenvalue weighted by Crippen LogP contribution is -2.39. The van der Waals surface area contributed by atoms with Crippen LogP contribution in [0.1, 0.15) is 18.1 Å². The van der Waals surface area contributed by atoms with E-state index in [1.807, 2.05) is 6.07 Å². The fourth-order valence-electron chi connectivity index (χ4n) is 2.06. The first-order valence-corrected chi connectivity index (χ1v) is 7.70. The molecule has 146 valence electrons. The van der Waals surface area contributed by atoms with E-state index in [1.54, 1.807) is 0 Å². The lowest BCUT2D eigenvalue weighted by atomic mass is 10.1. The molecule has 0 aromatic heterocycles. The number of ether oxygens (including phenoxy) is 1. The van der Waals surface area contributed by atoms with Crippen LogP contribution in [0.25, 0.3) is 0 Å². The number of rotatable bonds is 6. The molecule has 2 aromatic rings. The third kappa shape index (κ3) is 5.10. The van der Waals surface area contributed by atoms with Gasteiger partial charge in [-0.3, -0.25) is 25.8 Å². The van der Waals surface area contributed by atoms with Crippen LogP contribution >= 0.6 is 0 Å². The first-order valence-electron chi connectivity index (χ1n) is 7.70. The highest BCUT2D eigenvalue weighted by Gasteiger charge is 2.33. The van der Waals surface area contributed by atoms with Crippen LogP contribution in [0.2, 0.25) is 0 Å². The van der Waals surface area contributed by atoms with Crippen LogP contribution in [0.15, 0.2) is 42.5 Å². The first-order chi connectivity index (χ1) is 13.1. The largest absolute Gasteiger partial charge is 0.481 e. The van der Waals surface area contributed by atoms with Crippen molar-refractivity contribution < 1.29 is 27.6 Å². The first kappa shape index (κ1) is 20.5. The van der Waals surface area contributed by atoms with E-state index in [2.05, 4.69) is 10.9 Å². The SMILES string of the molecule is CC(Oc1ccc(C#N)cc1)C(=O)NNc1ccc(C(F)(F)F)cc1[N+](=O)[O-]. The maximum atomic E-state index is 12.7. The van der Waals surface area contributed by atoms with Crippen molar-refractivity contribution in [1.82, 2.24) is 5.43 Å². The van der Waals surface area contributed by atoms with E-state index in [9.17, 15) is 28.1 Å². The number of hydrogen-bond donors (Lipinski definition) is 2. The lowest BCUT2D eigenvalue weighted by Gasteiger charge is -2.16. The van der Waals surface area contributed by atoms with Crippen molar-refractivity contribution in [2.24, 2.45) is 0 Å². The molecule has 1 atom stereocenters. The zero-order chi connectivity index (χ0) is 20.9. The number of hydrazine groups is 1. The molecule has 0 spiro atoms. The van der Waals surface area contributed by atoms with Gasteiger partial charge in [0, 0.05) is 6.07 Å². The number of nitro groups is 1. The summed E-state index contributed by atoms with van der Waals surface area (Å²) in [5, 5.41) is 19.7. The Morgan fingerprint density at radius 3 is 2.43 bits per heavy atom. The van der Waals surface area contributed by atoms with Gasteiger partial charge in [0.25, 0.3) is 11.6 Å². The monoisotopic (exact) mass is 394 g/mol. The van der Waals surface area contributed by atoms with Crippen molar-refractivity contribution in [2.45, 2.75) is 19.2 Å². The molecule has 2 rings (SSSR count). The number of carbonyl (C=O) groups is 1. The minimum Gasteiger partial charge on any atom is -0.481 e. The minimum atomic E-state index is -4.74. The van der Waals surface area contributed by atoms with Crippen LogP contribution in [-0.4, -0.2) is 16.9 Å². The number of nitrogens with one attached hydrogen (secondary N) is 2. The van der Waals surface area contributed by atoms with E-state index in [0.717, 1.165) is 6.07 Å². The van der Waals surface area contributed by atoms with Crippen molar-refractivity contribution in [3.8, 4) is 11.8 Å². The van der Waals surface area contributed by atoms with Gasteiger partial charge < -0.3 is 4.74 Å². The molecule has 2 N–H and O–H groups in total. The fourth-order valence-corrected chi connectivity index (χ4v) is 2.06. The van der Waals surface area contributed by atoms with Gasteiger partial charge in [-0.2, -0.15) is 18.4 Å². The highest BCUT2D eigenvalue weighted by molar-refractivity contribution is 5.82. The van der Waals surface area contributed by atoms with Crippen LogP contribution in [0.5, 0.6) is 5.75 Å². The summed E-state index contributed by atoms with van der Waals surface area (Å²) >= 11 is 0. The molecule has 0 aliphatic rings. The number of amides is 1. The fraction of sp³-hybridized carbons (Fsp3) is 0.176. The van der Waals surface area contributed by atoms with Gasteiger partial charge in [-0.15, -0.1) is 0 Å². The number of alkyl halides is 3. The van der Waals surface area contributed by atoms with Gasteiger partial charge >= 0.3 is 6.18 Å². The number of anilines is 1. The molecule has 11 heteroatoms. The number of carbonyl (C=O) groups excluding carboxylic acids is 1. The average molecular weight is 394 g/mol. The smallest absolute Gasteiger partial charge is 0.416 e. The van der Waals surface area contributed by atoms with Crippen LogP contribution in [0, 0.1) is 21.4 Å². The van der Waals surface area contributed by atoms with Crippen molar-refractivity contribution in [1.29, 1.82) is 5.26 Å². The molecule has 0 bridgehead atoms. The third-order valence-electron chi connectivity index (χ3n) is 3.51. The van der Waals surface area contributed by atoms with Crippen LogP contribution < -0.4 is 15.6 Å². The molecule has 8 nitrogen and oxygen atoms in total. The van der Waals surface area contributed by atoms with Gasteiger partial charge in [-0.05, 0) is 43.3 Å². The van der Waals surface area contributed by atoms with Crippen LogP contribution in [0.4, 0.5) is 24.5 Å². The summed E-state index contributed by atoms with van der Waals surface area (Å²) in [6.07, 6.45) is -5.77. The van der Waals surface area contributed by atoms with Crippen molar-refractivity contribution >= 4 is 17.3 Å². The highest BCUT2D eigenvalue weighted by atomic mass is 19.4. The standard InChI is InChI=1S/C17H13F3N4O4/c1-10(28-13-5-2-11(9-21)3-6-13)16(25)23-22-14-7-4-12(17(18,19)20)8-15(14)24(26)27/h2-8,10,22H,1H3,(H,23,25). The minimum absolute atomic E-state index is 0.308.